The Bertz CT molecular complexity index is 253. The minimum Gasteiger partial charge on any atom is -0.381 e. The summed E-state index contributed by atoms with van der Waals surface area (Å²) < 4.78 is 11.7. The van der Waals surface area contributed by atoms with Crippen LogP contribution in [0.4, 0.5) is 0 Å². The van der Waals surface area contributed by atoms with Gasteiger partial charge in [-0.25, -0.2) is 0 Å². The lowest BCUT2D eigenvalue weighted by Crippen LogP contribution is -2.63. The Morgan fingerprint density at radius 2 is 2.00 bits per heavy atom. The van der Waals surface area contributed by atoms with Crippen LogP contribution in [0.5, 0.6) is 0 Å². The lowest BCUT2D eigenvalue weighted by molar-refractivity contribution is -0.172. The van der Waals surface area contributed by atoms with Gasteiger partial charge in [0.05, 0.1) is 12.2 Å². The van der Waals surface area contributed by atoms with Crippen LogP contribution in [0.15, 0.2) is 0 Å². The highest BCUT2D eigenvalue weighted by Gasteiger charge is 2.51. The van der Waals surface area contributed by atoms with Crippen LogP contribution in [0, 0.1) is 5.41 Å². The summed E-state index contributed by atoms with van der Waals surface area (Å²) >= 11 is 0. The molecule has 2 rings (SSSR count). The highest BCUT2D eigenvalue weighted by molar-refractivity contribution is 5.05. The largest absolute Gasteiger partial charge is 0.381 e. The first kappa shape index (κ1) is 14.3. The second-order valence-corrected chi connectivity index (χ2v) is 6.04. The SMILES string of the molecule is CCCNC1CC(OC2CCOCC2)C1(C)CC. The van der Waals surface area contributed by atoms with Gasteiger partial charge in [-0.2, -0.15) is 0 Å². The summed E-state index contributed by atoms with van der Waals surface area (Å²) in [5.41, 5.74) is 0.327. The van der Waals surface area contributed by atoms with Gasteiger partial charge in [0.2, 0.25) is 0 Å². The molecule has 0 aromatic heterocycles. The average molecular weight is 255 g/mol. The molecule has 18 heavy (non-hydrogen) atoms. The maximum atomic E-state index is 6.32. The molecule has 3 unspecified atom stereocenters. The van der Waals surface area contributed by atoms with Crippen LogP contribution in [0.3, 0.4) is 0 Å². The maximum Gasteiger partial charge on any atom is 0.0662 e. The smallest absolute Gasteiger partial charge is 0.0662 e. The van der Waals surface area contributed by atoms with E-state index in [-0.39, 0.29) is 0 Å². The van der Waals surface area contributed by atoms with Gasteiger partial charge in [0.15, 0.2) is 0 Å². The quantitative estimate of drug-likeness (QED) is 0.791. The molecule has 0 aromatic rings. The predicted molar refractivity (Wildman–Crippen MR) is 73.8 cm³/mol. The van der Waals surface area contributed by atoms with Gasteiger partial charge in [-0.1, -0.05) is 20.8 Å². The molecule has 0 bridgehead atoms. The van der Waals surface area contributed by atoms with Gasteiger partial charge in [-0.3, -0.25) is 0 Å². The second-order valence-electron chi connectivity index (χ2n) is 6.04. The second kappa shape index (κ2) is 6.36. The topological polar surface area (TPSA) is 30.5 Å². The molecule has 0 aromatic carbocycles. The molecule has 0 amide bonds. The van der Waals surface area contributed by atoms with Gasteiger partial charge in [0.1, 0.15) is 0 Å². The molecule has 3 heteroatoms. The van der Waals surface area contributed by atoms with Crippen LogP contribution in [-0.4, -0.2) is 38.0 Å². The van der Waals surface area contributed by atoms with E-state index >= 15 is 0 Å². The number of hydrogen-bond donors (Lipinski definition) is 1. The summed E-state index contributed by atoms with van der Waals surface area (Å²) in [7, 11) is 0. The molecule has 3 atom stereocenters. The van der Waals surface area contributed by atoms with Crippen LogP contribution >= 0.6 is 0 Å². The van der Waals surface area contributed by atoms with E-state index in [9.17, 15) is 0 Å². The van der Waals surface area contributed by atoms with E-state index in [4.69, 9.17) is 9.47 Å². The standard InChI is InChI=1S/C15H29NO2/c1-4-8-16-13-11-14(15(13,3)5-2)18-12-6-9-17-10-7-12/h12-14,16H,4-11H2,1-3H3. The third kappa shape index (κ3) is 2.89. The van der Waals surface area contributed by atoms with E-state index in [0.29, 0.717) is 23.7 Å². The third-order valence-corrected chi connectivity index (χ3v) is 4.91. The number of nitrogens with one attached hydrogen (secondary N) is 1. The Morgan fingerprint density at radius 1 is 1.28 bits per heavy atom. The molecule has 1 aliphatic heterocycles. The van der Waals surface area contributed by atoms with Crippen LogP contribution in [0.2, 0.25) is 0 Å². The van der Waals surface area contributed by atoms with E-state index < -0.39 is 0 Å². The molecule has 106 valence electrons. The summed E-state index contributed by atoms with van der Waals surface area (Å²) in [4.78, 5) is 0. The van der Waals surface area contributed by atoms with Gasteiger partial charge < -0.3 is 14.8 Å². The zero-order valence-corrected chi connectivity index (χ0v) is 12.2. The van der Waals surface area contributed by atoms with Crippen molar-refractivity contribution in [2.45, 2.75) is 71.1 Å². The minimum absolute atomic E-state index is 0.327. The highest BCUT2D eigenvalue weighted by atomic mass is 16.5. The fourth-order valence-corrected chi connectivity index (χ4v) is 3.18. The Morgan fingerprint density at radius 3 is 2.61 bits per heavy atom. The van der Waals surface area contributed by atoms with Crippen molar-refractivity contribution in [2.24, 2.45) is 5.41 Å². The summed E-state index contributed by atoms with van der Waals surface area (Å²) in [6.45, 7) is 9.78. The Hall–Kier alpha value is -0.120. The number of ether oxygens (including phenoxy) is 2. The van der Waals surface area contributed by atoms with Crippen molar-refractivity contribution >= 4 is 0 Å². The highest BCUT2D eigenvalue weighted by Crippen LogP contribution is 2.46. The van der Waals surface area contributed by atoms with Crippen molar-refractivity contribution in [3.8, 4) is 0 Å². The normalized spacial score (nSPS) is 37.5. The van der Waals surface area contributed by atoms with Crippen molar-refractivity contribution in [1.29, 1.82) is 0 Å². The molecule has 3 nitrogen and oxygen atoms in total. The fraction of sp³-hybridized carbons (Fsp3) is 1.00. The lowest BCUT2D eigenvalue weighted by Gasteiger charge is -2.55. The van der Waals surface area contributed by atoms with Crippen LogP contribution in [0.25, 0.3) is 0 Å². The first-order valence-corrected chi connectivity index (χ1v) is 7.67. The molecule has 1 N–H and O–H groups in total. The lowest BCUT2D eigenvalue weighted by atomic mass is 9.61. The molecule has 2 fully saturated rings. The van der Waals surface area contributed by atoms with Crippen molar-refractivity contribution in [3.05, 3.63) is 0 Å². The van der Waals surface area contributed by atoms with Crippen molar-refractivity contribution in [2.75, 3.05) is 19.8 Å². The summed E-state index contributed by atoms with van der Waals surface area (Å²) in [5, 5.41) is 3.67. The van der Waals surface area contributed by atoms with Crippen molar-refractivity contribution in [3.63, 3.8) is 0 Å². The molecule has 1 heterocycles. The molecule has 0 radical (unpaired) electrons. The van der Waals surface area contributed by atoms with E-state index in [1.807, 2.05) is 0 Å². The van der Waals surface area contributed by atoms with Crippen molar-refractivity contribution < 1.29 is 9.47 Å². The molecule has 2 aliphatic rings. The molecule has 1 saturated carbocycles. The number of rotatable bonds is 6. The number of hydrogen-bond acceptors (Lipinski definition) is 3. The van der Waals surface area contributed by atoms with Crippen molar-refractivity contribution in [1.82, 2.24) is 5.32 Å². The van der Waals surface area contributed by atoms with Crippen LogP contribution in [-0.2, 0) is 9.47 Å². The van der Waals surface area contributed by atoms with Gasteiger partial charge in [-0.05, 0) is 38.6 Å². The van der Waals surface area contributed by atoms with Gasteiger partial charge in [0, 0.05) is 24.7 Å². The van der Waals surface area contributed by atoms with Gasteiger partial charge in [0.25, 0.3) is 0 Å². The Kier molecular flexibility index (Phi) is 5.05. The van der Waals surface area contributed by atoms with Crippen LogP contribution < -0.4 is 5.32 Å². The van der Waals surface area contributed by atoms with Crippen LogP contribution in [0.1, 0.15) is 52.9 Å². The molecule has 1 saturated heterocycles. The average Bonchev–Trinajstić information content (AvgIpc) is 2.42. The summed E-state index contributed by atoms with van der Waals surface area (Å²) in [6.07, 6.45) is 6.61. The van der Waals surface area contributed by atoms with E-state index in [1.54, 1.807) is 0 Å². The third-order valence-electron chi connectivity index (χ3n) is 4.91. The molecular weight excluding hydrogens is 226 g/mol. The first-order chi connectivity index (χ1) is 8.70. The monoisotopic (exact) mass is 255 g/mol. The van der Waals surface area contributed by atoms with E-state index in [1.165, 1.54) is 19.3 Å². The fourth-order valence-electron chi connectivity index (χ4n) is 3.18. The van der Waals surface area contributed by atoms with Gasteiger partial charge in [-0.15, -0.1) is 0 Å². The zero-order valence-electron chi connectivity index (χ0n) is 12.2. The summed E-state index contributed by atoms with van der Waals surface area (Å²) in [5.74, 6) is 0. The first-order valence-electron chi connectivity index (χ1n) is 7.67. The van der Waals surface area contributed by atoms with Gasteiger partial charge >= 0.3 is 0 Å². The Labute approximate surface area is 112 Å². The minimum atomic E-state index is 0.327. The Balaban J connectivity index is 1.82. The molecular formula is C15H29NO2. The zero-order chi connectivity index (χ0) is 13.0. The van der Waals surface area contributed by atoms with E-state index in [0.717, 1.165) is 32.6 Å². The molecule has 0 spiro atoms. The predicted octanol–water partition coefficient (Wildman–Crippen LogP) is 2.74. The van der Waals surface area contributed by atoms with E-state index in [2.05, 4.69) is 26.1 Å². The molecule has 1 aliphatic carbocycles. The maximum absolute atomic E-state index is 6.32. The summed E-state index contributed by atoms with van der Waals surface area (Å²) in [6, 6.07) is 0.646.